The SMILES string of the molecule is CCOC(=O)C1=C(O)C[C@H](c2ccccc2)N(C(=O)[C@H](C)N2CCOCC2)[C@@H]1c1ccccc1. The lowest BCUT2D eigenvalue weighted by Gasteiger charge is -2.45. The second-order valence-corrected chi connectivity index (χ2v) is 8.59. The Hall–Kier alpha value is -3.16. The summed E-state index contributed by atoms with van der Waals surface area (Å²) >= 11 is 0. The number of esters is 1. The van der Waals surface area contributed by atoms with Gasteiger partial charge in [-0.15, -0.1) is 0 Å². The number of amides is 1. The fourth-order valence-corrected chi connectivity index (χ4v) is 4.84. The first kappa shape index (κ1) is 24.0. The van der Waals surface area contributed by atoms with E-state index in [0.717, 1.165) is 11.1 Å². The zero-order valence-electron chi connectivity index (χ0n) is 19.7. The third-order valence-electron chi connectivity index (χ3n) is 6.59. The van der Waals surface area contributed by atoms with Gasteiger partial charge in [-0.3, -0.25) is 9.69 Å². The highest BCUT2D eigenvalue weighted by Crippen LogP contribution is 2.45. The standard InChI is InChI=1S/C27H32N2O5/c1-3-34-27(32)24-23(30)18-22(20-10-6-4-7-11-20)29(25(24)21-12-8-5-9-13-21)26(31)19(2)28-14-16-33-17-15-28/h4-13,19,22,25,30H,3,14-18H2,1-2H3/t19-,22+,25+/m0/s1. The number of carbonyl (C=O) groups excluding carboxylic acids is 2. The molecule has 1 amide bonds. The van der Waals surface area contributed by atoms with E-state index >= 15 is 0 Å². The number of nitrogens with zero attached hydrogens (tertiary/aromatic N) is 2. The van der Waals surface area contributed by atoms with Crippen LogP contribution in [-0.2, 0) is 19.1 Å². The highest BCUT2D eigenvalue weighted by Gasteiger charge is 2.45. The molecule has 0 saturated carbocycles. The summed E-state index contributed by atoms with van der Waals surface area (Å²) in [5.74, 6) is -0.736. The fourth-order valence-electron chi connectivity index (χ4n) is 4.84. The normalized spacial score (nSPS) is 22.4. The monoisotopic (exact) mass is 464 g/mol. The van der Waals surface area contributed by atoms with Crippen molar-refractivity contribution in [3.8, 4) is 0 Å². The minimum Gasteiger partial charge on any atom is -0.512 e. The molecule has 7 nitrogen and oxygen atoms in total. The van der Waals surface area contributed by atoms with E-state index in [0.29, 0.717) is 26.3 Å². The Morgan fingerprint density at radius 1 is 1.03 bits per heavy atom. The highest BCUT2D eigenvalue weighted by atomic mass is 16.5. The van der Waals surface area contributed by atoms with E-state index in [9.17, 15) is 14.7 Å². The van der Waals surface area contributed by atoms with Crippen molar-refractivity contribution in [3.63, 3.8) is 0 Å². The van der Waals surface area contributed by atoms with Crippen LogP contribution in [0.5, 0.6) is 0 Å². The molecule has 34 heavy (non-hydrogen) atoms. The molecule has 2 aromatic rings. The molecule has 1 N–H and O–H groups in total. The van der Waals surface area contributed by atoms with Crippen molar-refractivity contribution in [1.29, 1.82) is 0 Å². The molecular weight excluding hydrogens is 432 g/mol. The molecule has 1 fully saturated rings. The molecule has 0 bridgehead atoms. The highest BCUT2D eigenvalue weighted by molar-refractivity contribution is 5.93. The summed E-state index contributed by atoms with van der Waals surface area (Å²) in [4.78, 5) is 31.1. The molecule has 2 aliphatic heterocycles. The number of hydrogen-bond donors (Lipinski definition) is 1. The van der Waals surface area contributed by atoms with Crippen molar-refractivity contribution in [1.82, 2.24) is 9.80 Å². The third-order valence-corrected chi connectivity index (χ3v) is 6.59. The first-order valence-corrected chi connectivity index (χ1v) is 11.9. The maximum atomic E-state index is 14.2. The molecule has 3 atom stereocenters. The number of aliphatic hydroxyl groups excluding tert-OH is 1. The Labute approximate surface area is 200 Å². The van der Waals surface area contributed by atoms with Crippen LogP contribution in [0.1, 0.15) is 43.5 Å². The molecule has 1 saturated heterocycles. The molecule has 2 aliphatic rings. The molecule has 2 aromatic carbocycles. The van der Waals surface area contributed by atoms with E-state index in [1.807, 2.05) is 67.6 Å². The topological polar surface area (TPSA) is 79.3 Å². The number of carbonyl (C=O) groups is 2. The maximum absolute atomic E-state index is 14.2. The Morgan fingerprint density at radius 2 is 1.62 bits per heavy atom. The molecule has 4 rings (SSSR count). The van der Waals surface area contributed by atoms with Gasteiger partial charge in [0, 0.05) is 19.5 Å². The van der Waals surface area contributed by atoms with Crippen LogP contribution in [0.3, 0.4) is 0 Å². The van der Waals surface area contributed by atoms with E-state index < -0.39 is 24.1 Å². The van der Waals surface area contributed by atoms with Crippen LogP contribution in [0.2, 0.25) is 0 Å². The van der Waals surface area contributed by atoms with Crippen LogP contribution in [0.25, 0.3) is 0 Å². The summed E-state index contributed by atoms with van der Waals surface area (Å²) in [6.07, 6.45) is 0.142. The van der Waals surface area contributed by atoms with Crippen LogP contribution < -0.4 is 0 Å². The Morgan fingerprint density at radius 3 is 2.21 bits per heavy atom. The summed E-state index contributed by atoms with van der Waals surface area (Å²) in [5, 5.41) is 11.1. The lowest BCUT2D eigenvalue weighted by molar-refractivity contribution is -0.146. The number of aliphatic hydroxyl groups is 1. The maximum Gasteiger partial charge on any atom is 0.339 e. The zero-order valence-corrected chi connectivity index (χ0v) is 19.7. The minimum atomic E-state index is -0.768. The second-order valence-electron chi connectivity index (χ2n) is 8.59. The quantitative estimate of drug-likeness (QED) is 0.656. The van der Waals surface area contributed by atoms with E-state index in [2.05, 4.69) is 4.90 Å². The van der Waals surface area contributed by atoms with Crippen LogP contribution in [0, 0.1) is 0 Å². The van der Waals surface area contributed by atoms with Gasteiger partial charge in [-0.25, -0.2) is 4.79 Å². The molecule has 0 aliphatic carbocycles. The zero-order chi connectivity index (χ0) is 24.1. The average Bonchev–Trinajstić information content (AvgIpc) is 2.88. The molecule has 180 valence electrons. The van der Waals surface area contributed by atoms with Gasteiger partial charge in [0.25, 0.3) is 0 Å². The summed E-state index contributed by atoms with van der Waals surface area (Å²) in [7, 11) is 0. The molecule has 7 heteroatoms. The molecule has 0 unspecified atom stereocenters. The summed E-state index contributed by atoms with van der Waals surface area (Å²) in [6, 6.07) is 17.4. The first-order valence-electron chi connectivity index (χ1n) is 11.9. The number of hydrogen-bond acceptors (Lipinski definition) is 6. The van der Waals surface area contributed by atoms with Gasteiger partial charge in [0.1, 0.15) is 11.3 Å². The van der Waals surface area contributed by atoms with Gasteiger partial charge in [0.05, 0.1) is 37.9 Å². The predicted molar refractivity (Wildman–Crippen MR) is 128 cm³/mol. The summed E-state index contributed by atoms with van der Waals surface area (Å²) in [6.45, 7) is 6.30. The fraction of sp³-hybridized carbons (Fsp3) is 0.407. The Bertz CT molecular complexity index is 1020. The molecule has 0 radical (unpaired) electrons. The van der Waals surface area contributed by atoms with Gasteiger partial charge in [-0.1, -0.05) is 60.7 Å². The van der Waals surface area contributed by atoms with Gasteiger partial charge in [0.15, 0.2) is 0 Å². The lowest BCUT2D eigenvalue weighted by Crippen LogP contribution is -2.54. The number of ether oxygens (including phenoxy) is 2. The van der Waals surface area contributed by atoms with E-state index in [1.54, 1.807) is 11.8 Å². The van der Waals surface area contributed by atoms with Crippen molar-refractivity contribution in [3.05, 3.63) is 83.1 Å². The second kappa shape index (κ2) is 10.8. The minimum absolute atomic E-state index is 0.0377. The number of rotatable bonds is 6. The van der Waals surface area contributed by atoms with Crippen molar-refractivity contribution in [2.75, 3.05) is 32.9 Å². The van der Waals surface area contributed by atoms with E-state index in [4.69, 9.17) is 9.47 Å². The molecule has 2 heterocycles. The largest absolute Gasteiger partial charge is 0.512 e. The van der Waals surface area contributed by atoms with Crippen LogP contribution in [-0.4, -0.2) is 65.7 Å². The van der Waals surface area contributed by atoms with Gasteiger partial charge >= 0.3 is 5.97 Å². The Kier molecular flexibility index (Phi) is 7.65. The van der Waals surface area contributed by atoms with Crippen molar-refractivity contribution in [2.45, 2.75) is 38.4 Å². The Balaban J connectivity index is 1.84. The van der Waals surface area contributed by atoms with Gasteiger partial charge in [-0.05, 0) is 25.0 Å². The average molecular weight is 465 g/mol. The predicted octanol–water partition coefficient (Wildman–Crippen LogP) is 3.80. The van der Waals surface area contributed by atoms with Gasteiger partial charge < -0.3 is 19.5 Å². The van der Waals surface area contributed by atoms with Crippen molar-refractivity contribution < 1.29 is 24.2 Å². The molecule has 0 spiro atoms. The van der Waals surface area contributed by atoms with Crippen molar-refractivity contribution >= 4 is 11.9 Å². The van der Waals surface area contributed by atoms with E-state index in [1.165, 1.54) is 0 Å². The van der Waals surface area contributed by atoms with Gasteiger partial charge in [0.2, 0.25) is 5.91 Å². The summed E-state index contributed by atoms with van der Waals surface area (Å²) < 4.78 is 10.8. The van der Waals surface area contributed by atoms with E-state index in [-0.39, 0.29) is 30.3 Å². The number of benzene rings is 2. The third kappa shape index (κ3) is 4.86. The van der Waals surface area contributed by atoms with Crippen LogP contribution in [0.15, 0.2) is 72.0 Å². The first-order chi connectivity index (χ1) is 16.5. The van der Waals surface area contributed by atoms with Crippen molar-refractivity contribution in [2.24, 2.45) is 0 Å². The molecule has 0 aromatic heterocycles. The lowest BCUT2D eigenvalue weighted by atomic mass is 9.85. The number of morpholine rings is 1. The summed E-state index contributed by atoms with van der Waals surface area (Å²) in [5.41, 5.74) is 1.78. The molecular formula is C27H32N2O5. The van der Waals surface area contributed by atoms with Crippen LogP contribution in [0.4, 0.5) is 0 Å². The van der Waals surface area contributed by atoms with Crippen LogP contribution >= 0.6 is 0 Å². The smallest absolute Gasteiger partial charge is 0.339 e. The van der Waals surface area contributed by atoms with Gasteiger partial charge in [-0.2, -0.15) is 0 Å².